The Morgan fingerprint density at radius 2 is 2.15 bits per heavy atom. The van der Waals surface area contributed by atoms with E-state index in [-0.39, 0.29) is 0 Å². The minimum atomic E-state index is 0.730. The van der Waals surface area contributed by atoms with Crippen molar-refractivity contribution in [2.45, 2.75) is 39.7 Å². The monoisotopic (exact) mass is 391 g/mol. The van der Waals surface area contributed by atoms with Crippen molar-refractivity contribution < 1.29 is 4.74 Å². The summed E-state index contributed by atoms with van der Waals surface area (Å²) in [5, 5.41) is 7.39. The molecule has 0 amide bonds. The first-order valence-corrected chi connectivity index (χ1v) is 9.84. The fraction of sp³-hybridized carbons (Fsp3) is 0.500. The van der Waals surface area contributed by atoms with Gasteiger partial charge in [0, 0.05) is 43.6 Å². The van der Waals surface area contributed by atoms with Gasteiger partial charge >= 0.3 is 0 Å². The number of halogens is 1. The molecule has 7 heteroatoms. The molecule has 6 nitrogen and oxygen atoms in total. The van der Waals surface area contributed by atoms with Crippen LogP contribution in [0.3, 0.4) is 0 Å². The van der Waals surface area contributed by atoms with Crippen LogP contribution in [0.1, 0.15) is 31.2 Å². The van der Waals surface area contributed by atoms with Gasteiger partial charge in [0.2, 0.25) is 0 Å². The van der Waals surface area contributed by atoms with Crippen LogP contribution in [0, 0.1) is 6.92 Å². The minimum absolute atomic E-state index is 0.730. The number of rotatable bonds is 10. The zero-order valence-electron chi connectivity index (χ0n) is 16.5. The van der Waals surface area contributed by atoms with Crippen LogP contribution < -0.4 is 15.4 Å². The molecule has 148 valence electrons. The highest BCUT2D eigenvalue weighted by atomic mass is 35.5. The second kappa shape index (κ2) is 11.5. The number of hydrogen-bond donors (Lipinski definition) is 2. The summed E-state index contributed by atoms with van der Waals surface area (Å²) in [7, 11) is 1.64. The fourth-order valence-electron chi connectivity index (χ4n) is 2.74. The molecule has 0 fully saturated rings. The van der Waals surface area contributed by atoms with Crippen molar-refractivity contribution in [2.24, 2.45) is 4.99 Å². The number of unbranched alkanes of at least 4 members (excludes halogenated alkanes) is 1. The van der Waals surface area contributed by atoms with Crippen molar-refractivity contribution in [3.05, 3.63) is 47.0 Å². The highest BCUT2D eigenvalue weighted by Gasteiger charge is 2.03. The van der Waals surface area contributed by atoms with Crippen LogP contribution in [0.4, 0.5) is 0 Å². The Kier molecular flexibility index (Phi) is 8.98. The summed E-state index contributed by atoms with van der Waals surface area (Å²) in [6.07, 6.45) is 6.82. The molecule has 0 unspecified atom stereocenters. The molecule has 1 heterocycles. The second-order valence-electron chi connectivity index (χ2n) is 6.27. The number of imidazole rings is 1. The maximum atomic E-state index is 6.30. The summed E-state index contributed by atoms with van der Waals surface area (Å²) in [6.45, 7) is 7.49. The lowest BCUT2D eigenvalue weighted by atomic mass is 10.1. The molecule has 1 aromatic carbocycles. The molecule has 2 aromatic rings. The zero-order chi connectivity index (χ0) is 19.5. The third-order valence-corrected chi connectivity index (χ3v) is 4.64. The summed E-state index contributed by atoms with van der Waals surface area (Å²) in [4.78, 5) is 8.89. The first-order valence-electron chi connectivity index (χ1n) is 9.46. The van der Waals surface area contributed by atoms with Crippen molar-refractivity contribution in [1.82, 2.24) is 20.2 Å². The van der Waals surface area contributed by atoms with Gasteiger partial charge in [-0.25, -0.2) is 4.98 Å². The number of ether oxygens (including phenoxy) is 1. The summed E-state index contributed by atoms with van der Waals surface area (Å²) in [5.41, 5.74) is 1.09. The van der Waals surface area contributed by atoms with Gasteiger partial charge in [0.25, 0.3) is 0 Å². The van der Waals surface area contributed by atoms with Crippen LogP contribution in [-0.2, 0) is 13.0 Å². The normalized spacial score (nSPS) is 11.5. The minimum Gasteiger partial charge on any atom is -0.497 e. The number of nitrogens with zero attached hydrogens (tertiary/aromatic N) is 3. The number of methoxy groups -OCH3 is 1. The number of guanidine groups is 1. The van der Waals surface area contributed by atoms with E-state index in [0.717, 1.165) is 73.6 Å². The van der Waals surface area contributed by atoms with Crippen LogP contribution in [0.2, 0.25) is 5.02 Å². The van der Waals surface area contributed by atoms with Gasteiger partial charge in [-0.2, -0.15) is 0 Å². The Morgan fingerprint density at radius 3 is 2.81 bits per heavy atom. The van der Waals surface area contributed by atoms with Crippen LogP contribution in [-0.4, -0.2) is 42.3 Å². The average molecular weight is 392 g/mol. The Labute approximate surface area is 167 Å². The van der Waals surface area contributed by atoms with Gasteiger partial charge in [0.15, 0.2) is 5.96 Å². The van der Waals surface area contributed by atoms with Crippen molar-refractivity contribution in [3.8, 4) is 5.75 Å². The topological polar surface area (TPSA) is 63.5 Å². The predicted octanol–water partition coefficient (Wildman–Crippen LogP) is 3.43. The number of hydrogen-bond acceptors (Lipinski definition) is 3. The quantitative estimate of drug-likeness (QED) is 0.370. The number of nitrogens with one attached hydrogen (secondary N) is 2. The van der Waals surface area contributed by atoms with E-state index in [1.54, 1.807) is 7.11 Å². The maximum absolute atomic E-state index is 6.30. The van der Waals surface area contributed by atoms with Gasteiger partial charge in [-0.15, -0.1) is 0 Å². The molecule has 0 aliphatic rings. The van der Waals surface area contributed by atoms with E-state index in [4.69, 9.17) is 16.3 Å². The number of aromatic nitrogens is 2. The van der Waals surface area contributed by atoms with E-state index in [9.17, 15) is 0 Å². The molecule has 2 rings (SSSR count). The molecule has 2 N–H and O–H groups in total. The molecule has 0 bridgehead atoms. The Balaban J connectivity index is 1.73. The van der Waals surface area contributed by atoms with Crippen LogP contribution in [0.15, 0.2) is 35.6 Å². The summed E-state index contributed by atoms with van der Waals surface area (Å²) in [6, 6.07) is 5.78. The SMILES string of the molecule is CCNC(=NCCCCn1ccnc1C)NCCc1ccc(OC)cc1Cl. The van der Waals surface area contributed by atoms with E-state index in [1.807, 2.05) is 37.5 Å². The smallest absolute Gasteiger partial charge is 0.191 e. The van der Waals surface area contributed by atoms with Gasteiger partial charge in [0.1, 0.15) is 11.6 Å². The molecule has 0 aliphatic heterocycles. The Morgan fingerprint density at radius 1 is 1.30 bits per heavy atom. The largest absolute Gasteiger partial charge is 0.497 e. The lowest BCUT2D eigenvalue weighted by molar-refractivity contribution is 0.414. The number of aryl methyl sites for hydroxylation is 2. The Hall–Kier alpha value is -2.21. The van der Waals surface area contributed by atoms with Crippen molar-refractivity contribution in [2.75, 3.05) is 26.7 Å². The lowest BCUT2D eigenvalue weighted by Crippen LogP contribution is -2.38. The van der Waals surface area contributed by atoms with E-state index in [1.165, 1.54) is 0 Å². The molecule has 0 saturated heterocycles. The zero-order valence-corrected chi connectivity index (χ0v) is 17.2. The molecule has 0 radical (unpaired) electrons. The fourth-order valence-corrected chi connectivity index (χ4v) is 3.00. The van der Waals surface area contributed by atoms with Crippen LogP contribution >= 0.6 is 11.6 Å². The van der Waals surface area contributed by atoms with E-state index in [0.29, 0.717) is 0 Å². The third-order valence-electron chi connectivity index (χ3n) is 4.29. The van der Waals surface area contributed by atoms with Crippen molar-refractivity contribution in [1.29, 1.82) is 0 Å². The second-order valence-corrected chi connectivity index (χ2v) is 6.68. The van der Waals surface area contributed by atoms with Crippen molar-refractivity contribution in [3.63, 3.8) is 0 Å². The molecular weight excluding hydrogens is 362 g/mol. The van der Waals surface area contributed by atoms with Gasteiger partial charge < -0.3 is 19.9 Å². The molecule has 1 aromatic heterocycles. The Bertz CT molecular complexity index is 729. The van der Waals surface area contributed by atoms with Crippen LogP contribution in [0.5, 0.6) is 5.75 Å². The molecule has 0 atom stereocenters. The highest BCUT2D eigenvalue weighted by Crippen LogP contribution is 2.22. The van der Waals surface area contributed by atoms with Gasteiger partial charge in [0.05, 0.1) is 7.11 Å². The standard InChI is InChI=1S/C20H30ClN5O/c1-4-22-20(24-10-5-6-13-26-14-12-23-16(26)2)25-11-9-17-7-8-18(27-3)15-19(17)21/h7-8,12,14-15H,4-6,9-11,13H2,1-3H3,(H2,22,24,25). The first kappa shape index (κ1) is 21.1. The molecule has 0 saturated carbocycles. The van der Waals surface area contributed by atoms with Gasteiger partial charge in [-0.3, -0.25) is 4.99 Å². The van der Waals surface area contributed by atoms with Gasteiger partial charge in [-0.1, -0.05) is 17.7 Å². The summed E-state index contributed by atoms with van der Waals surface area (Å²) in [5.74, 6) is 2.68. The predicted molar refractivity (Wildman–Crippen MR) is 112 cm³/mol. The first-order chi connectivity index (χ1) is 13.1. The molecular formula is C20H30ClN5O. The van der Waals surface area contributed by atoms with Crippen LogP contribution in [0.25, 0.3) is 0 Å². The summed E-state index contributed by atoms with van der Waals surface area (Å²) >= 11 is 6.30. The van der Waals surface area contributed by atoms with E-state index >= 15 is 0 Å². The molecule has 27 heavy (non-hydrogen) atoms. The van der Waals surface area contributed by atoms with Gasteiger partial charge in [-0.05, 0) is 50.8 Å². The number of aliphatic imine (C=N–C) groups is 1. The lowest BCUT2D eigenvalue weighted by Gasteiger charge is -2.12. The van der Waals surface area contributed by atoms with E-state index < -0.39 is 0 Å². The highest BCUT2D eigenvalue weighted by molar-refractivity contribution is 6.31. The summed E-state index contributed by atoms with van der Waals surface area (Å²) < 4.78 is 7.36. The molecule has 0 aliphatic carbocycles. The number of benzene rings is 1. The third kappa shape index (κ3) is 7.13. The van der Waals surface area contributed by atoms with E-state index in [2.05, 4.69) is 32.1 Å². The van der Waals surface area contributed by atoms with Crippen molar-refractivity contribution >= 4 is 17.6 Å². The average Bonchev–Trinajstić information content (AvgIpc) is 3.07. The maximum Gasteiger partial charge on any atom is 0.191 e. The molecule has 0 spiro atoms.